The Balaban J connectivity index is 3.13. The first kappa shape index (κ1) is 9.37. The van der Waals surface area contributed by atoms with E-state index in [1.54, 1.807) is 6.92 Å². The van der Waals surface area contributed by atoms with Gasteiger partial charge in [-0.1, -0.05) is 0 Å². The number of carboxylic acids is 1. The number of imidazole rings is 1. The number of hydrogen-bond donors (Lipinski definition) is 2. The lowest BCUT2D eigenvalue weighted by Crippen LogP contribution is -2.26. The van der Waals surface area contributed by atoms with Crippen LogP contribution in [-0.4, -0.2) is 25.3 Å². The minimum atomic E-state index is -1.16. The first-order chi connectivity index (χ1) is 6.06. The molecule has 6 heteroatoms. The fourth-order valence-electron chi connectivity index (χ4n) is 1.03. The highest BCUT2D eigenvalue weighted by atomic mass is 16.4. The van der Waals surface area contributed by atoms with Gasteiger partial charge >= 0.3 is 11.7 Å². The number of aryl methyl sites for hydroxylation is 1. The van der Waals surface area contributed by atoms with Gasteiger partial charge < -0.3 is 10.2 Å². The Morgan fingerprint density at radius 1 is 1.62 bits per heavy atom. The van der Waals surface area contributed by atoms with Gasteiger partial charge in [-0.3, -0.25) is 13.9 Å². The summed E-state index contributed by atoms with van der Waals surface area (Å²) in [5.74, 6) is -1.49. The quantitative estimate of drug-likeness (QED) is 0.664. The highest BCUT2D eigenvalue weighted by Gasteiger charge is 2.11. The van der Waals surface area contributed by atoms with Crippen LogP contribution in [0.5, 0.6) is 5.88 Å². The fourth-order valence-corrected chi connectivity index (χ4v) is 1.03. The minimum Gasteiger partial charge on any atom is -0.493 e. The summed E-state index contributed by atoms with van der Waals surface area (Å²) >= 11 is 0. The summed E-state index contributed by atoms with van der Waals surface area (Å²) in [7, 11) is 0. The van der Waals surface area contributed by atoms with Crippen LogP contribution < -0.4 is 5.69 Å². The normalized spacial score (nSPS) is 10.2. The van der Waals surface area contributed by atoms with E-state index >= 15 is 0 Å². The maximum Gasteiger partial charge on any atom is 0.331 e. The zero-order valence-corrected chi connectivity index (χ0v) is 7.10. The topological polar surface area (TPSA) is 84.5 Å². The number of aromatic nitrogens is 2. The van der Waals surface area contributed by atoms with Gasteiger partial charge in [0.2, 0.25) is 5.88 Å². The highest BCUT2D eigenvalue weighted by Crippen LogP contribution is 2.04. The van der Waals surface area contributed by atoms with Crippen molar-refractivity contribution < 1.29 is 15.0 Å². The largest absolute Gasteiger partial charge is 0.493 e. The van der Waals surface area contributed by atoms with Crippen LogP contribution in [0.1, 0.15) is 6.92 Å². The third-order valence-corrected chi connectivity index (χ3v) is 1.66. The molecular weight excluding hydrogens is 176 g/mol. The molecule has 2 N–H and O–H groups in total. The van der Waals surface area contributed by atoms with Crippen molar-refractivity contribution in [3.63, 3.8) is 0 Å². The van der Waals surface area contributed by atoms with E-state index in [4.69, 9.17) is 5.11 Å². The van der Waals surface area contributed by atoms with Crippen LogP contribution in [0.25, 0.3) is 0 Å². The van der Waals surface area contributed by atoms with E-state index in [-0.39, 0.29) is 5.88 Å². The fraction of sp³-hybridized carbons (Fsp3) is 0.429. The molecule has 72 valence electrons. The number of carbonyl (C=O) groups is 1. The second-order valence-electron chi connectivity index (χ2n) is 2.54. The van der Waals surface area contributed by atoms with E-state index in [0.29, 0.717) is 6.54 Å². The molecule has 0 aromatic carbocycles. The van der Waals surface area contributed by atoms with E-state index in [1.807, 2.05) is 0 Å². The summed E-state index contributed by atoms with van der Waals surface area (Å²) in [6.45, 7) is 1.61. The number of nitrogens with zero attached hydrogens (tertiary/aromatic N) is 2. The van der Waals surface area contributed by atoms with Crippen LogP contribution >= 0.6 is 0 Å². The first-order valence-corrected chi connectivity index (χ1v) is 3.77. The van der Waals surface area contributed by atoms with Crippen molar-refractivity contribution in [2.45, 2.75) is 20.0 Å². The second-order valence-corrected chi connectivity index (χ2v) is 2.54. The van der Waals surface area contributed by atoms with Crippen LogP contribution in [-0.2, 0) is 17.9 Å². The van der Waals surface area contributed by atoms with Crippen LogP contribution in [0.3, 0.4) is 0 Å². The predicted octanol–water partition coefficient (Wildman–Crippen LogP) is -0.540. The zero-order valence-electron chi connectivity index (χ0n) is 7.10. The molecule has 1 aromatic rings. The van der Waals surface area contributed by atoms with E-state index in [9.17, 15) is 14.7 Å². The number of aromatic hydroxyl groups is 1. The van der Waals surface area contributed by atoms with Gasteiger partial charge in [-0.25, -0.2) is 4.79 Å². The number of aliphatic carboxylic acids is 1. The Bertz CT molecular complexity index is 376. The summed E-state index contributed by atoms with van der Waals surface area (Å²) in [4.78, 5) is 21.5. The van der Waals surface area contributed by atoms with Gasteiger partial charge in [0, 0.05) is 6.54 Å². The molecule has 0 saturated heterocycles. The zero-order chi connectivity index (χ0) is 10.0. The van der Waals surface area contributed by atoms with E-state index in [0.717, 1.165) is 4.57 Å². The van der Waals surface area contributed by atoms with Crippen molar-refractivity contribution in [1.82, 2.24) is 9.13 Å². The molecular formula is C7H10N2O4. The SMILES string of the molecule is CCn1cc(O)n(CC(=O)O)c1=O. The van der Waals surface area contributed by atoms with Crippen molar-refractivity contribution >= 4 is 5.97 Å². The van der Waals surface area contributed by atoms with Crippen LogP contribution in [0, 0.1) is 0 Å². The predicted molar refractivity (Wildman–Crippen MR) is 43.7 cm³/mol. The molecule has 0 aliphatic heterocycles. The summed E-state index contributed by atoms with van der Waals surface area (Å²) in [6.07, 6.45) is 1.21. The monoisotopic (exact) mass is 186 g/mol. The Kier molecular flexibility index (Phi) is 2.41. The lowest BCUT2D eigenvalue weighted by atomic mass is 10.6. The summed E-state index contributed by atoms with van der Waals surface area (Å²) in [5, 5.41) is 17.6. The molecule has 0 unspecified atom stereocenters. The molecule has 0 bridgehead atoms. The van der Waals surface area contributed by atoms with E-state index in [1.165, 1.54) is 10.8 Å². The Morgan fingerprint density at radius 3 is 2.62 bits per heavy atom. The molecule has 0 fully saturated rings. The molecule has 1 heterocycles. The summed E-state index contributed by atoms with van der Waals surface area (Å²) in [6, 6.07) is 0. The van der Waals surface area contributed by atoms with Crippen molar-refractivity contribution in [2.24, 2.45) is 0 Å². The third kappa shape index (κ3) is 1.71. The van der Waals surface area contributed by atoms with Crippen LogP contribution in [0.2, 0.25) is 0 Å². The van der Waals surface area contributed by atoms with Crippen molar-refractivity contribution in [3.8, 4) is 5.88 Å². The van der Waals surface area contributed by atoms with Crippen molar-refractivity contribution in [1.29, 1.82) is 0 Å². The molecule has 6 nitrogen and oxygen atoms in total. The minimum absolute atomic E-state index is 0.325. The summed E-state index contributed by atoms with van der Waals surface area (Å²) < 4.78 is 2.03. The van der Waals surface area contributed by atoms with Crippen molar-refractivity contribution in [2.75, 3.05) is 0 Å². The third-order valence-electron chi connectivity index (χ3n) is 1.66. The Hall–Kier alpha value is -1.72. The molecule has 0 radical (unpaired) electrons. The van der Waals surface area contributed by atoms with Gasteiger partial charge in [0.25, 0.3) is 0 Å². The smallest absolute Gasteiger partial charge is 0.331 e. The van der Waals surface area contributed by atoms with Gasteiger partial charge in [-0.15, -0.1) is 0 Å². The molecule has 0 saturated carbocycles. The molecule has 13 heavy (non-hydrogen) atoms. The van der Waals surface area contributed by atoms with Crippen LogP contribution in [0.15, 0.2) is 11.0 Å². The lowest BCUT2D eigenvalue weighted by Gasteiger charge is -1.96. The average Bonchev–Trinajstić information content (AvgIpc) is 2.31. The molecule has 0 amide bonds. The standard InChI is InChI=1S/C7H10N2O4/c1-2-8-3-5(10)9(7(8)13)4-6(11)12/h3,10H,2,4H2,1H3,(H,11,12). The number of hydrogen-bond acceptors (Lipinski definition) is 3. The van der Waals surface area contributed by atoms with Gasteiger partial charge in [0.05, 0.1) is 6.20 Å². The molecule has 0 aliphatic rings. The molecule has 1 aromatic heterocycles. The summed E-state index contributed by atoms with van der Waals surface area (Å²) in [5.41, 5.74) is -0.512. The lowest BCUT2D eigenvalue weighted by molar-refractivity contribution is -0.137. The van der Waals surface area contributed by atoms with Gasteiger partial charge in [-0.2, -0.15) is 0 Å². The molecule has 0 atom stereocenters. The first-order valence-electron chi connectivity index (χ1n) is 3.77. The van der Waals surface area contributed by atoms with E-state index in [2.05, 4.69) is 0 Å². The van der Waals surface area contributed by atoms with Gasteiger partial charge in [0.1, 0.15) is 6.54 Å². The molecule has 1 rings (SSSR count). The molecule has 0 spiro atoms. The number of rotatable bonds is 3. The maximum atomic E-state index is 11.3. The maximum absolute atomic E-state index is 11.3. The number of carboxylic acid groups (broad SMARTS) is 1. The van der Waals surface area contributed by atoms with Crippen molar-refractivity contribution in [3.05, 3.63) is 16.7 Å². The molecule has 0 aliphatic carbocycles. The van der Waals surface area contributed by atoms with E-state index < -0.39 is 18.2 Å². The average molecular weight is 186 g/mol. The van der Waals surface area contributed by atoms with Crippen LogP contribution in [0.4, 0.5) is 0 Å². The van der Waals surface area contributed by atoms with Gasteiger partial charge in [0.15, 0.2) is 0 Å². The Labute approximate surface area is 73.7 Å². The highest BCUT2D eigenvalue weighted by molar-refractivity contribution is 5.66. The second kappa shape index (κ2) is 3.34. The Morgan fingerprint density at radius 2 is 2.23 bits per heavy atom. The van der Waals surface area contributed by atoms with Gasteiger partial charge in [-0.05, 0) is 6.92 Å².